The molecule has 3 heterocycles. The molecule has 1 fully saturated rings. The molecule has 0 aliphatic carbocycles. The molecule has 1 aliphatic heterocycles. The van der Waals surface area contributed by atoms with Crippen molar-refractivity contribution < 1.29 is 12.8 Å². The van der Waals surface area contributed by atoms with Gasteiger partial charge in [-0.2, -0.15) is 4.31 Å². The number of nitrogens with zero attached hydrogens (tertiary/aromatic N) is 4. The number of sulfonamides is 1. The van der Waals surface area contributed by atoms with E-state index >= 15 is 0 Å². The van der Waals surface area contributed by atoms with Crippen LogP contribution in [-0.4, -0.2) is 59.9 Å². The zero-order valence-electron chi connectivity index (χ0n) is 16.5. The number of rotatable bonds is 6. The molecule has 0 N–H and O–H groups in total. The van der Waals surface area contributed by atoms with Gasteiger partial charge in [-0.1, -0.05) is 12.1 Å². The van der Waals surface area contributed by atoms with Gasteiger partial charge in [0.05, 0.1) is 5.75 Å². The number of aryl methyl sites for hydroxylation is 1. The molecule has 0 spiro atoms. The van der Waals surface area contributed by atoms with Crippen LogP contribution in [0.5, 0.6) is 0 Å². The van der Waals surface area contributed by atoms with Gasteiger partial charge in [-0.15, -0.1) is 0 Å². The lowest BCUT2D eigenvalue weighted by molar-refractivity contribution is 0.190. The molecular weight excluding hydrogens is 391 g/mol. The summed E-state index contributed by atoms with van der Waals surface area (Å²) in [5.74, 6) is -0.570. The van der Waals surface area contributed by atoms with E-state index in [1.54, 1.807) is 18.3 Å². The van der Waals surface area contributed by atoms with E-state index in [-0.39, 0.29) is 5.75 Å². The van der Waals surface area contributed by atoms with Crippen molar-refractivity contribution in [1.82, 2.24) is 18.8 Å². The first-order chi connectivity index (χ1) is 13.9. The SMILES string of the molecule is Cn1cc(CCN2CCN(S(=O)(=O)Cc3cccc(F)c3)CC2)c2cccnc21. The minimum atomic E-state index is -3.44. The maximum Gasteiger partial charge on any atom is 0.218 e. The fourth-order valence-electron chi connectivity index (χ4n) is 3.93. The molecule has 0 saturated carbocycles. The molecule has 0 radical (unpaired) electrons. The molecule has 29 heavy (non-hydrogen) atoms. The summed E-state index contributed by atoms with van der Waals surface area (Å²) in [6.07, 6.45) is 4.83. The average Bonchev–Trinajstić information content (AvgIpc) is 3.02. The number of halogens is 1. The summed E-state index contributed by atoms with van der Waals surface area (Å²) in [6.45, 7) is 3.21. The first kappa shape index (κ1) is 20.0. The van der Waals surface area contributed by atoms with E-state index in [0.717, 1.165) is 18.6 Å². The molecule has 8 heteroatoms. The number of fused-ring (bicyclic) bond motifs is 1. The second-order valence-electron chi connectivity index (χ2n) is 7.52. The minimum Gasteiger partial charge on any atom is -0.335 e. The lowest BCUT2D eigenvalue weighted by atomic mass is 10.1. The Morgan fingerprint density at radius 1 is 1.10 bits per heavy atom. The predicted molar refractivity (Wildman–Crippen MR) is 111 cm³/mol. The van der Waals surface area contributed by atoms with Crippen molar-refractivity contribution in [1.29, 1.82) is 0 Å². The van der Waals surface area contributed by atoms with Crippen LogP contribution in [0.3, 0.4) is 0 Å². The van der Waals surface area contributed by atoms with Crippen molar-refractivity contribution in [3.8, 4) is 0 Å². The Morgan fingerprint density at radius 2 is 1.90 bits per heavy atom. The highest BCUT2D eigenvalue weighted by Crippen LogP contribution is 2.20. The molecule has 4 rings (SSSR count). The number of piperazine rings is 1. The molecule has 0 amide bonds. The van der Waals surface area contributed by atoms with E-state index in [1.165, 1.54) is 27.4 Å². The molecule has 1 aliphatic rings. The van der Waals surface area contributed by atoms with Crippen LogP contribution in [0, 0.1) is 5.82 Å². The summed E-state index contributed by atoms with van der Waals surface area (Å²) in [7, 11) is -1.44. The van der Waals surface area contributed by atoms with Crippen LogP contribution in [0.4, 0.5) is 4.39 Å². The number of pyridine rings is 1. The zero-order valence-corrected chi connectivity index (χ0v) is 17.3. The Morgan fingerprint density at radius 3 is 2.66 bits per heavy atom. The van der Waals surface area contributed by atoms with Crippen LogP contribution in [0.15, 0.2) is 48.8 Å². The van der Waals surface area contributed by atoms with E-state index in [4.69, 9.17) is 0 Å². The van der Waals surface area contributed by atoms with Crippen LogP contribution in [-0.2, 0) is 29.2 Å². The molecule has 2 aromatic heterocycles. The summed E-state index contributed by atoms with van der Waals surface area (Å²) in [4.78, 5) is 6.72. The normalized spacial score (nSPS) is 16.5. The third-order valence-corrected chi connectivity index (χ3v) is 7.33. The lowest BCUT2D eigenvalue weighted by Crippen LogP contribution is -2.49. The van der Waals surface area contributed by atoms with Crippen molar-refractivity contribution >= 4 is 21.1 Å². The maximum atomic E-state index is 13.3. The maximum absolute atomic E-state index is 13.3. The van der Waals surface area contributed by atoms with Gasteiger partial charge in [-0.25, -0.2) is 17.8 Å². The summed E-state index contributed by atoms with van der Waals surface area (Å²) >= 11 is 0. The molecule has 1 aromatic carbocycles. The van der Waals surface area contributed by atoms with E-state index in [0.29, 0.717) is 31.7 Å². The van der Waals surface area contributed by atoms with E-state index in [2.05, 4.69) is 22.1 Å². The third kappa shape index (κ3) is 4.49. The van der Waals surface area contributed by atoms with Gasteiger partial charge < -0.3 is 9.47 Å². The van der Waals surface area contributed by atoms with Gasteiger partial charge in [0.15, 0.2) is 0 Å². The smallest absolute Gasteiger partial charge is 0.218 e. The molecule has 0 bridgehead atoms. The van der Waals surface area contributed by atoms with Crippen molar-refractivity contribution in [3.63, 3.8) is 0 Å². The number of hydrogen-bond acceptors (Lipinski definition) is 4. The van der Waals surface area contributed by atoms with Gasteiger partial charge in [0, 0.05) is 57.6 Å². The summed E-state index contributed by atoms with van der Waals surface area (Å²) in [5, 5.41) is 1.17. The van der Waals surface area contributed by atoms with Crippen LogP contribution in [0.1, 0.15) is 11.1 Å². The standard InChI is InChI=1S/C21H25FN4O2S/c1-24-15-18(20-6-3-8-23-21(20)24)7-9-25-10-12-26(13-11-25)29(27,28)16-17-4-2-5-19(22)14-17/h2-6,8,14-15H,7,9-13,16H2,1H3. The first-order valence-corrected chi connectivity index (χ1v) is 11.4. The van der Waals surface area contributed by atoms with Crippen molar-refractivity contribution in [2.45, 2.75) is 12.2 Å². The molecule has 0 unspecified atom stereocenters. The van der Waals surface area contributed by atoms with Gasteiger partial charge in [0.2, 0.25) is 10.0 Å². The Kier molecular flexibility index (Phi) is 5.67. The average molecular weight is 417 g/mol. The number of hydrogen-bond donors (Lipinski definition) is 0. The highest BCUT2D eigenvalue weighted by atomic mass is 32.2. The van der Waals surface area contributed by atoms with Crippen molar-refractivity contribution in [2.24, 2.45) is 7.05 Å². The second-order valence-corrected chi connectivity index (χ2v) is 9.49. The quantitative estimate of drug-likeness (QED) is 0.619. The third-order valence-electron chi connectivity index (χ3n) is 5.48. The highest BCUT2D eigenvalue weighted by Gasteiger charge is 2.27. The van der Waals surface area contributed by atoms with Gasteiger partial charge in [-0.3, -0.25) is 0 Å². The van der Waals surface area contributed by atoms with E-state index < -0.39 is 15.8 Å². The fourth-order valence-corrected chi connectivity index (χ4v) is 5.43. The first-order valence-electron chi connectivity index (χ1n) is 9.76. The summed E-state index contributed by atoms with van der Waals surface area (Å²) in [6, 6.07) is 9.84. The van der Waals surface area contributed by atoms with Crippen LogP contribution in [0.2, 0.25) is 0 Å². The number of benzene rings is 1. The Labute approximate surface area is 170 Å². The largest absolute Gasteiger partial charge is 0.335 e. The Bertz CT molecular complexity index is 1100. The second kappa shape index (κ2) is 8.22. The van der Waals surface area contributed by atoms with Crippen LogP contribution in [0.25, 0.3) is 11.0 Å². The van der Waals surface area contributed by atoms with Crippen LogP contribution < -0.4 is 0 Å². The molecule has 154 valence electrons. The molecule has 0 atom stereocenters. The topological polar surface area (TPSA) is 58.4 Å². The fraction of sp³-hybridized carbons (Fsp3) is 0.381. The Hall–Kier alpha value is -2.29. The van der Waals surface area contributed by atoms with Crippen molar-refractivity contribution in [3.05, 3.63) is 65.7 Å². The molecule has 6 nitrogen and oxygen atoms in total. The van der Waals surface area contributed by atoms with E-state index in [1.807, 2.05) is 17.7 Å². The number of aromatic nitrogens is 2. The van der Waals surface area contributed by atoms with Gasteiger partial charge in [0.1, 0.15) is 11.5 Å². The van der Waals surface area contributed by atoms with Crippen LogP contribution >= 0.6 is 0 Å². The monoisotopic (exact) mass is 416 g/mol. The van der Waals surface area contributed by atoms with E-state index in [9.17, 15) is 12.8 Å². The molecular formula is C21H25FN4O2S. The van der Waals surface area contributed by atoms with Gasteiger partial charge in [-0.05, 0) is 41.8 Å². The van der Waals surface area contributed by atoms with Crippen molar-refractivity contribution in [2.75, 3.05) is 32.7 Å². The van der Waals surface area contributed by atoms with Gasteiger partial charge in [0.25, 0.3) is 0 Å². The minimum absolute atomic E-state index is 0.159. The van der Waals surface area contributed by atoms with Gasteiger partial charge >= 0.3 is 0 Å². The lowest BCUT2D eigenvalue weighted by Gasteiger charge is -2.34. The predicted octanol–water partition coefficient (Wildman–Crippen LogP) is 2.40. The summed E-state index contributed by atoms with van der Waals surface area (Å²) in [5.41, 5.74) is 2.73. The molecule has 3 aromatic rings. The zero-order chi connectivity index (χ0) is 20.4. The Balaban J connectivity index is 1.33. The summed E-state index contributed by atoms with van der Waals surface area (Å²) < 4.78 is 42.3. The highest BCUT2D eigenvalue weighted by molar-refractivity contribution is 7.88. The molecule has 1 saturated heterocycles.